The zero-order chi connectivity index (χ0) is 23.2. The molecule has 1 saturated heterocycles. The van der Waals surface area contributed by atoms with Crippen molar-refractivity contribution in [2.45, 2.75) is 89.1 Å². The highest BCUT2D eigenvalue weighted by Crippen LogP contribution is 2.30. The summed E-state index contributed by atoms with van der Waals surface area (Å²) in [5, 5.41) is 19.3. The van der Waals surface area contributed by atoms with Crippen LogP contribution in [0.15, 0.2) is 6.20 Å². The highest BCUT2D eigenvalue weighted by Gasteiger charge is 2.28. The molecule has 0 bridgehead atoms. The van der Waals surface area contributed by atoms with Gasteiger partial charge in [-0.3, -0.25) is 4.79 Å². The minimum atomic E-state index is -0.974. The standard InChI is InChI=1S/C24H39FN6O2/c1-2-17(25)13-26-24-27-14-21(22(30-24)28-18-5-7-20(32)8-6-18)23(33)29-19-9-11-31(12-10-19)15-16-3-4-16/h14,16-20,32H,2-13,15H2,1H3,(H,29,33)(H2,26,27,28,30). The van der Waals surface area contributed by atoms with E-state index in [0.717, 1.165) is 57.5 Å². The Morgan fingerprint density at radius 3 is 2.55 bits per heavy atom. The van der Waals surface area contributed by atoms with Crippen molar-refractivity contribution >= 4 is 17.7 Å². The lowest BCUT2D eigenvalue weighted by Gasteiger charge is -2.32. The van der Waals surface area contributed by atoms with E-state index >= 15 is 0 Å². The third kappa shape index (κ3) is 7.24. The van der Waals surface area contributed by atoms with E-state index in [1.165, 1.54) is 25.6 Å². The Morgan fingerprint density at radius 1 is 1.15 bits per heavy atom. The summed E-state index contributed by atoms with van der Waals surface area (Å²) in [6, 6.07) is 0.290. The van der Waals surface area contributed by atoms with Crippen LogP contribution in [0.3, 0.4) is 0 Å². The zero-order valence-corrected chi connectivity index (χ0v) is 19.7. The second-order valence-corrected chi connectivity index (χ2v) is 9.98. The van der Waals surface area contributed by atoms with Gasteiger partial charge in [0.25, 0.3) is 5.91 Å². The quantitative estimate of drug-likeness (QED) is 0.424. The van der Waals surface area contributed by atoms with E-state index in [-0.39, 0.29) is 30.6 Å². The van der Waals surface area contributed by atoms with Gasteiger partial charge in [0.1, 0.15) is 17.6 Å². The second-order valence-electron chi connectivity index (χ2n) is 9.98. The van der Waals surface area contributed by atoms with Crippen LogP contribution in [-0.2, 0) is 0 Å². The summed E-state index contributed by atoms with van der Waals surface area (Å²) in [4.78, 5) is 24.5. The molecule has 33 heavy (non-hydrogen) atoms. The highest BCUT2D eigenvalue weighted by atomic mass is 19.1. The third-order valence-corrected chi connectivity index (χ3v) is 7.13. The van der Waals surface area contributed by atoms with Crippen molar-refractivity contribution < 1.29 is 14.3 Å². The molecule has 9 heteroatoms. The van der Waals surface area contributed by atoms with E-state index in [9.17, 15) is 14.3 Å². The Morgan fingerprint density at radius 2 is 1.88 bits per heavy atom. The van der Waals surface area contributed by atoms with Gasteiger partial charge in [-0.25, -0.2) is 9.37 Å². The fraction of sp³-hybridized carbons (Fsp3) is 0.792. The monoisotopic (exact) mass is 462 g/mol. The van der Waals surface area contributed by atoms with Gasteiger partial charge in [-0.15, -0.1) is 0 Å². The Kier molecular flexibility index (Phi) is 8.35. The number of amides is 1. The number of hydrogen-bond acceptors (Lipinski definition) is 7. The van der Waals surface area contributed by atoms with Crippen molar-refractivity contribution in [2.75, 3.05) is 36.8 Å². The number of alkyl halides is 1. The molecule has 3 fully saturated rings. The second kappa shape index (κ2) is 11.4. The number of aliphatic hydroxyl groups excluding tert-OH is 1. The average molecular weight is 463 g/mol. The van der Waals surface area contributed by atoms with E-state index in [2.05, 4.69) is 30.8 Å². The highest BCUT2D eigenvalue weighted by molar-refractivity contribution is 5.98. The van der Waals surface area contributed by atoms with Gasteiger partial charge in [-0.2, -0.15) is 4.98 Å². The molecule has 1 unspecified atom stereocenters. The van der Waals surface area contributed by atoms with Crippen LogP contribution in [0.25, 0.3) is 0 Å². The Bertz CT molecular complexity index is 776. The number of rotatable bonds is 10. The molecule has 2 saturated carbocycles. The van der Waals surface area contributed by atoms with E-state index in [1.807, 2.05) is 0 Å². The summed E-state index contributed by atoms with van der Waals surface area (Å²) in [6.07, 6.45) is 8.46. The summed E-state index contributed by atoms with van der Waals surface area (Å²) in [5.74, 6) is 1.51. The molecule has 2 heterocycles. The van der Waals surface area contributed by atoms with Crippen LogP contribution in [0.2, 0.25) is 0 Å². The molecule has 1 amide bonds. The molecule has 1 atom stereocenters. The maximum atomic E-state index is 13.7. The normalized spacial score (nSPS) is 25.4. The molecular formula is C24H39FN6O2. The molecule has 4 N–H and O–H groups in total. The first-order chi connectivity index (χ1) is 16.0. The molecule has 0 aromatic carbocycles. The van der Waals surface area contributed by atoms with Crippen LogP contribution in [0.4, 0.5) is 16.2 Å². The Balaban J connectivity index is 1.39. The number of anilines is 2. The summed E-state index contributed by atoms with van der Waals surface area (Å²) in [5.41, 5.74) is 0.416. The first-order valence-corrected chi connectivity index (χ1v) is 12.7. The molecule has 8 nitrogen and oxygen atoms in total. The van der Waals surface area contributed by atoms with Crippen LogP contribution >= 0.6 is 0 Å². The van der Waals surface area contributed by atoms with Gasteiger partial charge in [-0.1, -0.05) is 6.92 Å². The summed E-state index contributed by atoms with van der Waals surface area (Å²) in [6.45, 7) is 5.18. The van der Waals surface area contributed by atoms with Crippen molar-refractivity contribution in [2.24, 2.45) is 5.92 Å². The maximum absolute atomic E-state index is 13.7. The first kappa shape index (κ1) is 24.1. The van der Waals surface area contributed by atoms with Crippen LogP contribution in [0.5, 0.6) is 0 Å². The SMILES string of the molecule is CCC(F)CNc1ncc(C(=O)NC2CCN(CC3CC3)CC2)c(NC2CCC(O)CC2)n1. The lowest BCUT2D eigenvalue weighted by atomic mass is 9.93. The van der Waals surface area contributed by atoms with E-state index in [1.54, 1.807) is 6.92 Å². The molecule has 0 spiro atoms. The summed E-state index contributed by atoms with van der Waals surface area (Å²) < 4.78 is 13.7. The molecule has 1 aromatic rings. The van der Waals surface area contributed by atoms with Crippen molar-refractivity contribution in [3.63, 3.8) is 0 Å². The van der Waals surface area contributed by atoms with E-state index in [0.29, 0.717) is 23.8 Å². The first-order valence-electron chi connectivity index (χ1n) is 12.7. The average Bonchev–Trinajstić information content (AvgIpc) is 3.64. The number of likely N-dealkylation sites (tertiary alicyclic amines) is 1. The predicted octanol–water partition coefficient (Wildman–Crippen LogP) is 2.96. The number of nitrogens with one attached hydrogen (secondary N) is 3. The van der Waals surface area contributed by atoms with Crippen LogP contribution in [0.1, 0.15) is 75.1 Å². The van der Waals surface area contributed by atoms with Crippen molar-refractivity contribution in [3.05, 3.63) is 11.8 Å². The Labute approximate surface area is 196 Å². The molecular weight excluding hydrogens is 423 g/mol. The molecule has 184 valence electrons. The number of carbonyl (C=O) groups excluding carboxylic acids is 1. The molecule has 1 aromatic heterocycles. The molecule has 4 rings (SSSR count). The lowest BCUT2D eigenvalue weighted by Crippen LogP contribution is -2.45. The third-order valence-electron chi connectivity index (χ3n) is 7.13. The van der Waals surface area contributed by atoms with Gasteiger partial charge in [0.05, 0.1) is 6.10 Å². The number of aromatic nitrogens is 2. The van der Waals surface area contributed by atoms with Gasteiger partial charge in [0, 0.05) is 44.5 Å². The van der Waals surface area contributed by atoms with Crippen molar-refractivity contribution in [1.29, 1.82) is 0 Å². The summed E-state index contributed by atoms with van der Waals surface area (Å²) in [7, 11) is 0. The van der Waals surface area contributed by atoms with Crippen LogP contribution < -0.4 is 16.0 Å². The minimum absolute atomic E-state index is 0.135. The minimum Gasteiger partial charge on any atom is -0.393 e. The van der Waals surface area contributed by atoms with Gasteiger partial charge in [-0.05, 0) is 63.7 Å². The smallest absolute Gasteiger partial charge is 0.256 e. The van der Waals surface area contributed by atoms with Crippen molar-refractivity contribution in [1.82, 2.24) is 20.2 Å². The van der Waals surface area contributed by atoms with Crippen LogP contribution in [-0.4, -0.2) is 76.4 Å². The van der Waals surface area contributed by atoms with Gasteiger partial charge < -0.3 is 26.0 Å². The fourth-order valence-electron chi connectivity index (χ4n) is 4.69. The maximum Gasteiger partial charge on any atom is 0.256 e. The number of piperidine rings is 1. The number of hydrogen-bond donors (Lipinski definition) is 4. The van der Waals surface area contributed by atoms with Gasteiger partial charge in [0.2, 0.25) is 5.95 Å². The van der Waals surface area contributed by atoms with E-state index < -0.39 is 6.17 Å². The number of nitrogens with zero attached hydrogens (tertiary/aromatic N) is 3. The molecule has 1 aliphatic heterocycles. The molecule has 2 aliphatic carbocycles. The van der Waals surface area contributed by atoms with Crippen LogP contribution in [0, 0.1) is 5.92 Å². The predicted molar refractivity (Wildman–Crippen MR) is 127 cm³/mol. The molecule has 0 radical (unpaired) electrons. The number of halogens is 1. The molecule has 3 aliphatic rings. The fourth-order valence-corrected chi connectivity index (χ4v) is 4.69. The van der Waals surface area contributed by atoms with Gasteiger partial charge >= 0.3 is 0 Å². The van der Waals surface area contributed by atoms with E-state index in [4.69, 9.17) is 0 Å². The lowest BCUT2D eigenvalue weighted by molar-refractivity contribution is 0.0909. The summed E-state index contributed by atoms with van der Waals surface area (Å²) >= 11 is 0. The number of carbonyl (C=O) groups is 1. The van der Waals surface area contributed by atoms with Crippen molar-refractivity contribution in [3.8, 4) is 0 Å². The van der Waals surface area contributed by atoms with Gasteiger partial charge in [0.15, 0.2) is 0 Å². The Hall–Kier alpha value is -2.00. The largest absolute Gasteiger partial charge is 0.393 e. The number of aliphatic hydroxyl groups is 1. The topological polar surface area (TPSA) is 102 Å². The zero-order valence-electron chi connectivity index (χ0n) is 19.7.